The van der Waals surface area contributed by atoms with Gasteiger partial charge in [-0.15, -0.1) is 0 Å². The molecule has 1 fully saturated rings. The number of nitrogens with one attached hydrogen (secondary N) is 1. The van der Waals surface area contributed by atoms with Crippen LogP contribution in [0, 0.1) is 5.92 Å². The lowest BCUT2D eigenvalue weighted by molar-refractivity contribution is -0.139. The maximum Gasteiger partial charge on any atom is 0.330 e. The highest BCUT2D eigenvalue weighted by molar-refractivity contribution is 5.83. The summed E-state index contributed by atoms with van der Waals surface area (Å²) in [6.45, 7) is 0.518. The normalized spacial score (nSPS) is 22.0. The van der Waals surface area contributed by atoms with Crippen LogP contribution in [0.5, 0.6) is 0 Å². The first-order valence-corrected chi connectivity index (χ1v) is 6.95. The second kappa shape index (κ2) is 6.58. The molecule has 0 radical (unpaired) electrons. The van der Waals surface area contributed by atoms with Crippen molar-refractivity contribution < 1.29 is 19.8 Å². The van der Waals surface area contributed by atoms with Gasteiger partial charge in [0.15, 0.2) is 6.04 Å². The summed E-state index contributed by atoms with van der Waals surface area (Å²) in [6, 6.07) is 7.11. The topological polar surface area (TPSA) is 89.9 Å². The summed E-state index contributed by atoms with van der Waals surface area (Å²) in [5.74, 6) is -0.808. The van der Waals surface area contributed by atoms with E-state index in [0.29, 0.717) is 24.9 Å². The average molecular weight is 292 g/mol. The Labute approximate surface area is 123 Å². The van der Waals surface area contributed by atoms with E-state index in [1.807, 2.05) is 0 Å². The smallest absolute Gasteiger partial charge is 0.330 e. The van der Waals surface area contributed by atoms with Crippen LogP contribution in [0.25, 0.3) is 0 Å². The molecule has 1 saturated carbocycles. The molecule has 3 N–H and O–H groups in total. The maximum atomic E-state index is 12.1. The van der Waals surface area contributed by atoms with Crippen LogP contribution in [0.15, 0.2) is 30.3 Å². The predicted octanol–water partition coefficient (Wildman–Crippen LogP) is 1.22. The predicted molar refractivity (Wildman–Crippen MR) is 76.7 cm³/mol. The Hall–Kier alpha value is -2.08. The minimum absolute atomic E-state index is 0.262. The number of nitrogens with zero attached hydrogens (tertiary/aromatic N) is 1. The molecule has 114 valence electrons. The van der Waals surface area contributed by atoms with Crippen LogP contribution in [0.3, 0.4) is 0 Å². The molecule has 2 amide bonds. The Morgan fingerprint density at radius 3 is 2.48 bits per heavy atom. The SMILES string of the molecule is CN(CC1CC(O)C1)C(=O)N[C@H](C(=O)O)c1ccccc1. The monoisotopic (exact) mass is 292 g/mol. The Bertz CT molecular complexity index is 500. The van der Waals surface area contributed by atoms with E-state index in [9.17, 15) is 19.8 Å². The van der Waals surface area contributed by atoms with E-state index in [4.69, 9.17) is 0 Å². The van der Waals surface area contributed by atoms with Gasteiger partial charge < -0.3 is 20.4 Å². The largest absolute Gasteiger partial charge is 0.479 e. The first kappa shape index (κ1) is 15.3. The number of rotatable bonds is 5. The van der Waals surface area contributed by atoms with Crippen molar-refractivity contribution in [3.05, 3.63) is 35.9 Å². The molecule has 0 aliphatic heterocycles. The lowest BCUT2D eigenvalue weighted by atomic mass is 9.82. The van der Waals surface area contributed by atoms with Crippen LogP contribution in [0.4, 0.5) is 4.79 Å². The highest BCUT2D eigenvalue weighted by Gasteiger charge is 2.30. The fourth-order valence-electron chi connectivity index (χ4n) is 2.49. The van der Waals surface area contributed by atoms with Crippen LogP contribution >= 0.6 is 0 Å². The lowest BCUT2D eigenvalue weighted by Crippen LogP contribution is -2.46. The zero-order valence-corrected chi connectivity index (χ0v) is 11.9. The fourth-order valence-corrected chi connectivity index (χ4v) is 2.49. The molecule has 1 atom stereocenters. The van der Waals surface area contributed by atoms with Crippen molar-refractivity contribution in [1.29, 1.82) is 0 Å². The Balaban J connectivity index is 1.93. The summed E-state index contributed by atoms with van der Waals surface area (Å²) in [6.07, 6.45) is 1.12. The Morgan fingerprint density at radius 1 is 1.33 bits per heavy atom. The second-order valence-corrected chi connectivity index (χ2v) is 5.50. The molecule has 0 bridgehead atoms. The summed E-state index contributed by atoms with van der Waals surface area (Å²) in [5.41, 5.74) is 0.533. The minimum Gasteiger partial charge on any atom is -0.479 e. The maximum absolute atomic E-state index is 12.1. The molecule has 0 spiro atoms. The molecule has 1 aromatic rings. The molecular formula is C15H20N2O4. The van der Waals surface area contributed by atoms with E-state index in [-0.39, 0.29) is 12.0 Å². The third-order valence-corrected chi connectivity index (χ3v) is 3.74. The second-order valence-electron chi connectivity index (χ2n) is 5.50. The van der Waals surface area contributed by atoms with E-state index in [0.717, 1.165) is 0 Å². The standard InChI is InChI=1S/C15H20N2O4/c1-17(9-10-7-12(18)8-10)15(21)16-13(14(19)20)11-5-3-2-4-6-11/h2-6,10,12-13,18H,7-9H2,1H3,(H,16,21)(H,19,20)/t10?,12?,13-/m0/s1. The van der Waals surface area contributed by atoms with E-state index in [1.165, 1.54) is 4.90 Å². The molecule has 0 saturated heterocycles. The van der Waals surface area contributed by atoms with Gasteiger partial charge in [0.25, 0.3) is 0 Å². The number of aliphatic hydroxyl groups is 1. The van der Waals surface area contributed by atoms with Gasteiger partial charge in [0, 0.05) is 13.6 Å². The van der Waals surface area contributed by atoms with Gasteiger partial charge in [-0.25, -0.2) is 9.59 Å². The first-order valence-electron chi connectivity index (χ1n) is 6.95. The van der Waals surface area contributed by atoms with Gasteiger partial charge in [-0.05, 0) is 24.3 Å². The number of aliphatic carboxylic acids is 1. The van der Waals surface area contributed by atoms with Crippen LogP contribution in [-0.4, -0.2) is 46.8 Å². The molecular weight excluding hydrogens is 272 g/mol. The number of aliphatic hydroxyl groups excluding tert-OH is 1. The summed E-state index contributed by atoms with van der Waals surface area (Å²) < 4.78 is 0. The zero-order valence-electron chi connectivity index (χ0n) is 11.9. The summed E-state index contributed by atoms with van der Waals surface area (Å²) in [7, 11) is 1.63. The van der Waals surface area contributed by atoms with Crippen molar-refractivity contribution in [2.45, 2.75) is 25.0 Å². The minimum atomic E-state index is -1.10. The van der Waals surface area contributed by atoms with Crippen molar-refractivity contribution in [2.75, 3.05) is 13.6 Å². The van der Waals surface area contributed by atoms with Crippen molar-refractivity contribution in [3.63, 3.8) is 0 Å². The fraction of sp³-hybridized carbons (Fsp3) is 0.467. The lowest BCUT2D eigenvalue weighted by Gasteiger charge is -2.34. The van der Waals surface area contributed by atoms with E-state index < -0.39 is 18.0 Å². The Kier molecular flexibility index (Phi) is 4.80. The number of carboxylic acid groups (broad SMARTS) is 1. The highest BCUT2D eigenvalue weighted by atomic mass is 16.4. The summed E-state index contributed by atoms with van der Waals surface area (Å²) in [4.78, 5) is 24.9. The van der Waals surface area contributed by atoms with Crippen LogP contribution in [0.2, 0.25) is 0 Å². The van der Waals surface area contributed by atoms with Gasteiger partial charge in [0.1, 0.15) is 0 Å². The molecule has 21 heavy (non-hydrogen) atoms. The molecule has 1 aliphatic carbocycles. The van der Waals surface area contributed by atoms with Gasteiger partial charge >= 0.3 is 12.0 Å². The summed E-state index contributed by atoms with van der Waals surface area (Å²) >= 11 is 0. The average Bonchev–Trinajstić information content (AvgIpc) is 2.43. The first-order chi connectivity index (χ1) is 9.97. The molecule has 2 rings (SSSR count). The third kappa shape index (κ3) is 3.95. The van der Waals surface area contributed by atoms with Crippen molar-refractivity contribution in [3.8, 4) is 0 Å². The Morgan fingerprint density at radius 2 is 1.95 bits per heavy atom. The van der Waals surface area contributed by atoms with Gasteiger partial charge in [-0.2, -0.15) is 0 Å². The molecule has 1 aromatic carbocycles. The quantitative estimate of drug-likeness (QED) is 0.761. The number of carbonyl (C=O) groups excluding carboxylic acids is 1. The molecule has 6 nitrogen and oxygen atoms in total. The third-order valence-electron chi connectivity index (χ3n) is 3.74. The molecule has 0 unspecified atom stereocenters. The van der Waals surface area contributed by atoms with Crippen molar-refractivity contribution >= 4 is 12.0 Å². The van der Waals surface area contributed by atoms with E-state index in [2.05, 4.69) is 5.32 Å². The van der Waals surface area contributed by atoms with Crippen LogP contribution in [-0.2, 0) is 4.79 Å². The molecule has 6 heteroatoms. The van der Waals surface area contributed by atoms with Gasteiger partial charge in [-0.3, -0.25) is 0 Å². The van der Waals surface area contributed by atoms with Crippen LogP contribution in [0.1, 0.15) is 24.4 Å². The molecule has 0 heterocycles. The van der Waals surface area contributed by atoms with E-state index >= 15 is 0 Å². The number of hydrogen-bond acceptors (Lipinski definition) is 3. The van der Waals surface area contributed by atoms with Crippen molar-refractivity contribution in [2.24, 2.45) is 5.92 Å². The number of benzene rings is 1. The van der Waals surface area contributed by atoms with E-state index in [1.54, 1.807) is 37.4 Å². The van der Waals surface area contributed by atoms with Gasteiger partial charge in [0.2, 0.25) is 0 Å². The van der Waals surface area contributed by atoms with Gasteiger partial charge in [-0.1, -0.05) is 30.3 Å². The number of carbonyl (C=O) groups is 2. The zero-order chi connectivity index (χ0) is 15.4. The number of hydrogen-bond donors (Lipinski definition) is 3. The number of urea groups is 1. The van der Waals surface area contributed by atoms with Crippen LogP contribution < -0.4 is 5.32 Å². The van der Waals surface area contributed by atoms with Crippen molar-refractivity contribution in [1.82, 2.24) is 10.2 Å². The number of carboxylic acids is 1. The summed E-state index contributed by atoms with van der Waals surface area (Å²) in [5, 5.41) is 21.0. The number of amides is 2. The molecule has 0 aromatic heterocycles. The molecule has 1 aliphatic rings. The highest BCUT2D eigenvalue weighted by Crippen LogP contribution is 2.27. The van der Waals surface area contributed by atoms with Gasteiger partial charge in [0.05, 0.1) is 6.10 Å².